The largest absolute Gasteiger partial charge is 0.493 e. The van der Waals surface area contributed by atoms with Crippen LogP contribution in [0.25, 0.3) is 0 Å². The number of alkyl halides is 2. The number of methoxy groups -OCH3 is 1. The summed E-state index contributed by atoms with van der Waals surface area (Å²) in [4.78, 5) is 24.8. The van der Waals surface area contributed by atoms with Crippen LogP contribution in [0.3, 0.4) is 0 Å². The first kappa shape index (κ1) is 19.2. The molecular weight excluding hydrogens is 352 g/mol. The molecule has 7 nitrogen and oxygen atoms in total. The molecule has 1 aromatic heterocycles. The van der Waals surface area contributed by atoms with Crippen LogP contribution in [0, 0.1) is 6.92 Å². The van der Waals surface area contributed by atoms with Crippen molar-refractivity contribution in [3.8, 4) is 11.5 Å². The second kappa shape index (κ2) is 7.85. The number of amides is 1. The predicted molar refractivity (Wildman–Crippen MR) is 85.8 cm³/mol. The summed E-state index contributed by atoms with van der Waals surface area (Å²) in [5, 5.41) is 9.02. The highest BCUT2D eigenvalue weighted by Crippen LogP contribution is 2.30. The number of carboxylic acids is 1. The lowest BCUT2D eigenvalue weighted by Gasteiger charge is -2.17. The summed E-state index contributed by atoms with van der Waals surface area (Å²) in [6.45, 7) is -1.55. The van der Waals surface area contributed by atoms with Gasteiger partial charge in [-0.15, -0.1) is 0 Å². The number of benzene rings is 1. The van der Waals surface area contributed by atoms with Gasteiger partial charge in [-0.05, 0) is 31.2 Å². The summed E-state index contributed by atoms with van der Waals surface area (Å²) in [5.74, 6) is -1.30. The maximum Gasteiger partial charge on any atom is 0.387 e. The zero-order valence-corrected chi connectivity index (χ0v) is 14.3. The van der Waals surface area contributed by atoms with E-state index in [4.69, 9.17) is 14.3 Å². The molecule has 1 heterocycles. The Hall–Kier alpha value is -3.10. The minimum absolute atomic E-state index is 0.00399. The van der Waals surface area contributed by atoms with Gasteiger partial charge in [0.15, 0.2) is 11.5 Å². The molecule has 0 bridgehead atoms. The number of aryl methyl sites for hydroxylation is 1. The van der Waals surface area contributed by atoms with Crippen LogP contribution in [0.2, 0.25) is 0 Å². The maximum absolute atomic E-state index is 12.5. The first-order valence-corrected chi connectivity index (χ1v) is 7.43. The fourth-order valence-electron chi connectivity index (χ4n) is 2.36. The Balaban J connectivity index is 2.19. The molecule has 26 heavy (non-hydrogen) atoms. The van der Waals surface area contributed by atoms with Crippen molar-refractivity contribution >= 4 is 11.9 Å². The number of carboxylic acid groups (broad SMARTS) is 1. The average molecular weight is 369 g/mol. The molecule has 2 aromatic rings. The van der Waals surface area contributed by atoms with Crippen molar-refractivity contribution in [3.05, 3.63) is 46.9 Å². The summed E-state index contributed by atoms with van der Waals surface area (Å²) in [6, 6.07) is 5.24. The molecule has 0 atom stereocenters. The SMILES string of the molecule is COc1ccc(C(=O)N(C)Cc2cc(C(=O)O)c(C)o2)cc1OC(F)F. The third-order valence-corrected chi connectivity index (χ3v) is 3.57. The van der Waals surface area contributed by atoms with Gasteiger partial charge in [-0.1, -0.05) is 0 Å². The number of furan rings is 1. The van der Waals surface area contributed by atoms with Gasteiger partial charge in [0.05, 0.1) is 13.7 Å². The fourth-order valence-corrected chi connectivity index (χ4v) is 2.36. The molecular formula is C17H17F2NO6. The second-order valence-corrected chi connectivity index (χ2v) is 5.39. The molecule has 1 aromatic carbocycles. The van der Waals surface area contributed by atoms with E-state index in [1.165, 1.54) is 44.2 Å². The van der Waals surface area contributed by atoms with Crippen LogP contribution in [0.15, 0.2) is 28.7 Å². The third kappa shape index (κ3) is 4.29. The van der Waals surface area contributed by atoms with Crippen molar-refractivity contribution in [2.75, 3.05) is 14.2 Å². The molecule has 0 aliphatic carbocycles. The van der Waals surface area contributed by atoms with Gasteiger partial charge in [-0.2, -0.15) is 8.78 Å². The fraction of sp³-hybridized carbons (Fsp3) is 0.294. The predicted octanol–water partition coefficient (Wildman–Crippen LogP) is 3.17. The standard InChI is InChI=1S/C17H17F2NO6/c1-9-12(16(22)23)7-11(25-9)8-20(2)15(21)10-4-5-13(24-3)14(6-10)26-17(18)19/h4-7,17H,8H2,1-3H3,(H,22,23). The lowest BCUT2D eigenvalue weighted by Crippen LogP contribution is -2.26. The van der Waals surface area contributed by atoms with Crippen molar-refractivity contribution in [2.24, 2.45) is 0 Å². The van der Waals surface area contributed by atoms with E-state index in [0.717, 1.165) is 6.07 Å². The first-order valence-electron chi connectivity index (χ1n) is 7.43. The van der Waals surface area contributed by atoms with Gasteiger partial charge in [0, 0.05) is 12.6 Å². The van der Waals surface area contributed by atoms with Gasteiger partial charge in [0.2, 0.25) is 0 Å². The van der Waals surface area contributed by atoms with Crippen molar-refractivity contribution < 1.29 is 37.4 Å². The quantitative estimate of drug-likeness (QED) is 0.806. The molecule has 0 unspecified atom stereocenters. The molecule has 0 aliphatic rings. The van der Waals surface area contributed by atoms with Gasteiger partial charge >= 0.3 is 12.6 Å². The smallest absolute Gasteiger partial charge is 0.387 e. The normalized spacial score (nSPS) is 10.7. The van der Waals surface area contributed by atoms with Crippen LogP contribution in [-0.2, 0) is 6.54 Å². The molecule has 1 amide bonds. The number of rotatable bonds is 7. The highest BCUT2D eigenvalue weighted by molar-refractivity contribution is 5.94. The molecule has 2 rings (SSSR count). The lowest BCUT2D eigenvalue weighted by atomic mass is 10.1. The number of nitrogens with zero attached hydrogens (tertiary/aromatic N) is 1. The summed E-state index contributed by atoms with van der Waals surface area (Å²) in [7, 11) is 2.76. The van der Waals surface area contributed by atoms with Crippen LogP contribution >= 0.6 is 0 Å². The molecule has 0 radical (unpaired) electrons. The minimum atomic E-state index is -3.06. The number of aromatic carboxylic acids is 1. The molecule has 140 valence electrons. The topological polar surface area (TPSA) is 89.2 Å². The Labute approximate surface area is 147 Å². The van der Waals surface area contributed by atoms with Gasteiger partial charge in [-0.3, -0.25) is 4.79 Å². The van der Waals surface area contributed by atoms with E-state index in [9.17, 15) is 18.4 Å². The van der Waals surface area contributed by atoms with E-state index in [1.807, 2.05) is 0 Å². The van der Waals surface area contributed by atoms with Crippen LogP contribution in [0.4, 0.5) is 8.78 Å². The number of ether oxygens (including phenoxy) is 2. The monoisotopic (exact) mass is 369 g/mol. The number of halogens is 2. The van der Waals surface area contributed by atoms with E-state index < -0.39 is 18.5 Å². The molecule has 0 spiro atoms. The minimum Gasteiger partial charge on any atom is -0.493 e. The van der Waals surface area contributed by atoms with E-state index in [1.54, 1.807) is 0 Å². The van der Waals surface area contributed by atoms with E-state index >= 15 is 0 Å². The van der Waals surface area contributed by atoms with Crippen LogP contribution in [0.5, 0.6) is 11.5 Å². The molecule has 0 saturated carbocycles. The van der Waals surface area contributed by atoms with Crippen molar-refractivity contribution in [1.29, 1.82) is 0 Å². The summed E-state index contributed by atoms with van der Waals surface area (Å²) < 4.78 is 39.6. The van der Waals surface area contributed by atoms with Crippen molar-refractivity contribution in [3.63, 3.8) is 0 Å². The van der Waals surface area contributed by atoms with Gasteiger partial charge in [0.25, 0.3) is 5.91 Å². The highest BCUT2D eigenvalue weighted by atomic mass is 19.3. The third-order valence-electron chi connectivity index (χ3n) is 3.57. The Morgan fingerprint density at radius 3 is 2.50 bits per heavy atom. The Morgan fingerprint density at radius 2 is 1.96 bits per heavy atom. The van der Waals surface area contributed by atoms with Crippen LogP contribution in [-0.4, -0.2) is 42.7 Å². The Morgan fingerprint density at radius 1 is 1.27 bits per heavy atom. The second-order valence-electron chi connectivity index (χ2n) is 5.39. The zero-order chi connectivity index (χ0) is 19.4. The Bertz CT molecular complexity index is 818. The van der Waals surface area contributed by atoms with Crippen LogP contribution in [0.1, 0.15) is 32.2 Å². The van der Waals surface area contributed by atoms with Gasteiger partial charge in [-0.25, -0.2) is 4.79 Å². The molecule has 9 heteroatoms. The summed E-state index contributed by atoms with van der Waals surface area (Å²) in [6.07, 6.45) is 0. The highest BCUT2D eigenvalue weighted by Gasteiger charge is 2.20. The van der Waals surface area contributed by atoms with E-state index in [2.05, 4.69) is 4.74 Å². The zero-order valence-electron chi connectivity index (χ0n) is 14.3. The lowest BCUT2D eigenvalue weighted by molar-refractivity contribution is -0.0512. The summed E-state index contributed by atoms with van der Waals surface area (Å²) >= 11 is 0. The van der Waals surface area contributed by atoms with Crippen LogP contribution < -0.4 is 9.47 Å². The van der Waals surface area contributed by atoms with Crippen molar-refractivity contribution in [2.45, 2.75) is 20.1 Å². The summed E-state index contributed by atoms with van der Waals surface area (Å²) in [5.41, 5.74) is 0.114. The number of hydrogen-bond acceptors (Lipinski definition) is 5. The van der Waals surface area contributed by atoms with Gasteiger partial charge in [0.1, 0.15) is 17.1 Å². The first-order chi connectivity index (χ1) is 12.2. The van der Waals surface area contributed by atoms with Crippen molar-refractivity contribution in [1.82, 2.24) is 4.90 Å². The van der Waals surface area contributed by atoms with E-state index in [-0.39, 0.29) is 40.7 Å². The number of carbonyl (C=O) groups is 2. The number of hydrogen-bond donors (Lipinski definition) is 1. The Kier molecular flexibility index (Phi) is 5.81. The molecule has 0 saturated heterocycles. The number of carbonyl (C=O) groups excluding carboxylic acids is 1. The molecule has 1 N–H and O–H groups in total. The molecule has 0 fully saturated rings. The maximum atomic E-state index is 12.5. The average Bonchev–Trinajstić information content (AvgIpc) is 2.94. The molecule has 0 aliphatic heterocycles. The van der Waals surface area contributed by atoms with Gasteiger partial charge < -0.3 is 23.9 Å². The van der Waals surface area contributed by atoms with E-state index in [0.29, 0.717) is 0 Å².